The molecule has 1 aromatic heterocycles. The molecule has 2 aromatic rings. The fourth-order valence-electron chi connectivity index (χ4n) is 1.27. The summed E-state index contributed by atoms with van der Waals surface area (Å²) in [6.07, 6.45) is 2.21. The number of oxazole rings is 1. The molecule has 0 amide bonds. The van der Waals surface area contributed by atoms with E-state index in [1.54, 1.807) is 11.8 Å². The molecule has 0 unspecified atom stereocenters. The third kappa shape index (κ3) is 1.47. The number of rotatable bonds is 2. The lowest BCUT2D eigenvalue weighted by molar-refractivity contribution is 0.543. The molecule has 70 valence electrons. The van der Waals surface area contributed by atoms with Crippen LogP contribution >= 0.6 is 11.8 Å². The first kappa shape index (κ1) is 9.10. The van der Waals surface area contributed by atoms with Crippen LogP contribution in [0.25, 0.3) is 11.1 Å². The van der Waals surface area contributed by atoms with E-state index in [0.717, 1.165) is 16.0 Å². The van der Waals surface area contributed by atoms with Crippen LogP contribution in [0, 0.1) is 11.3 Å². The molecule has 1 heterocycles. The first-order valence-electron chi connectivity index (χ1n) is 4.14. The van der Waals surface area contributed by atoms with Gasteiger partial charge >= 0.3 is 0 Å². The van der Waals surface area contributed by atoms with E-state index in [1.165, 1.54) is 0 Å². The summed E-state index contributed by atoms with van der Waals surface area (Å²) in [4.78, 5) is 5.26. The van der Waals surface area contributed by atoms with Crippen molar-refractivity contribution in [2.75, 3.05) is 6.26 Å². The molecule has 0 aliphatic rings. The lowest BCUT2D eigenvalue weighted by Crippen LogP contribution is -1.77. The highest BCUT2D eigenvalue weighted by molar-refractivity contribution is 7.98. The van der Waals surface area contributed by atoms with Gasteiger partial charge in [-0.2, -0.15) is 5.26 Å². The largest absolute Gasteiger partial charge is 0.438 e. The summed E-state index contributed by atoms with van der Waals surface area (Å²) in [5.41, 5.74) is 1.60. The highest BCUT2D eigenvalue weighted by Crippen LogP contribution is 2.26. The van der Waals surface area contributed by atoms with Crippen LogP contribution < -0.4 is 0 Å². The number of thioether (sulfide) groups is 1. The number of benzene rings is 1. The SMILES string of the molecule is CSc1cccc2nc(CC#N)oc12. The van der Waals surface area contributed by atoms with E-state index in [1.807, 2.05) is 30.5 Å². The normalized spacial score (nSPS) is 10.3. The minimum absolute atomic E-state index is 0.225. The van der Waals surface area contributed by atoms with Gasteiger partial charge in [0.1, 0.15) is 11.9 Å². The lowest BCUT2D eigenvalue weighted by Gasteiger charge is -1.93. The Kier molecular flexibility index (Phi) is 2.42. The molecule has 0 aliphatic heterocycles. The Labute approximate surface area is 85.7 Å². The molecule has 1 aromatic carbocycles. The van der Waals surface area contributed by atoms with Crippen molar-refractivity contribution in [3.05, 3.63) is 24.1 Å². The molecule has 14 heavy (non-hydrogen) atoms. The van der Waals surface area contributed by atoms with Crippen LogP contribution in [0.1, 0.15) is 5.89 Å². The van der Waals surface area contributed by atoms with Crippen LogP contribution in [0.15, 0.2) is 27.5 Å². The van der Waals surface area contributed by atoms with Crippen molar-refractivity contribution in [1.29, 1.82) is 5.26 Å². The fraction of sp³-hybridized carbons (Fsp3) is 0.200. The quantitative estimate of drug-likeness (QED) is 0.705. The van der Waals surface area contributed by atoms with Gasteiger partial charge in [0.2, 0.25) is 5.89 Å². The molecule has 0 saturated heterocycles. The van der Waals surface area contributed by atoms with E-state index in [-0.39, 0.29) is 6.42 Å². The van der Waals surface area contributed by atoms with Crippen LogP contribution in [0.5, 0.6) is 0 Å². The molecule has 0 aliphatic carbocycles. The van der Waals surface area contributed by atoms with Gasteiger partial charge in [-0.25, -0.2) is 4.98 Å². The Bertz CT molecular complexity index is 498. The van der Waals surface area contributed by atoms with Gasteiger partial charge in [-0.15, -0.1) is 11.8 Å². The van der Waals surface area contributed by atoms with E-state index < -0.39 is 0 Å². The summed E-state index contributed by atoms with van der Waals surface area (Å²) in [6, 6.07) is 7.83. The Hall–Kier alpha value is -1.47. The maximum Gasteiger partial charge on any atom is 0.209 e. The minimum atomic E-state index is 0.225. The van der Waals surface area contributed by atoms with E-state index in [2.05, 4.69) is 4.98 Å². The summed E-state index contributed by atoms with van der Waals surface area (Å²) >= 11 is 1.61. The second-order valence-electron chi connectivity index (χ2n) is 2.75. The van der Waals surface area contributed by atoms with Crippen LogP contribution in [0.2, 0.25) is 0 Å². The van der Waals surface area contributed by atoms with Gasteiger partial charge in [0, 0.05) is 0 Å². The zero-order valence-corrected chi connectivity index (χ0v) is 8.47. The van der Waals surface area contributed by atoms with Gasteiger partial charge in [0.25, 0.3) is 0 Å². The second-order valence-corrected chi connectivity index (χ2v) is 3.60. The average molecular weight is 204 g/mol. The van der Waals surface area contributed by atoms with Gasteiger partial charge in [0.05, 0.1) is 11.0 Å². The summed E-state index contributed by atoms with van der Waals surface area (Å²) < 4.78 is 5.48. The molecular weight excluding hydrogens is 196 g/mol. The Morgan fingerprint density at radius 1 is 1.57 bits per heavy atom. The molecule has 0 bridgehead atoms. The van der Waals surface area contributed by atoms with E-state index in [9.17, 15) is 0 Å². The number of hydrogen-bond acceptors (Lipinski definition) is 4. The monoisotopic (exact) mass is 204 g/mol. The van der Waals surface area contributed by atoms with Crippen molar-refractivity contribution < 1.29 is 4.42 Å². The molecule has 0 atom stereocenters. The summed E-state index contributed by atoms with van der Waals surface area (Å²) in [5.74, 6) is 0.490. The smallest absolute Gasteiger partial charge is 0.209 e. The van der Waals surface area contributed by atoms with Gasteiger partial charge < -0.3 is 4.42 Å². The third-order valence-corrected chi connectivity index (χ3v) is 2.63. The van der Waals surface area contributed by atoms with E-state index in [0.29, 0.717) is 5.89 Å². The first-order valence-corrected chi connectivity index (χ1v) is 5.37. The van der Waals surface area contributed by atoms with Crippen LogP contribution in [0.4, 0.5) is 0 Å². The van der Waals surface area contributed by atoms with Crippen LogP contribution in [-0.4, -0.2) is 11.2 Å². The molecule has 0 radical (unpaired) electrons. The number of para-hydroxylation sites is 1. The van der Waals surface area contributed by atoms with Gasteiger partial charge in [0.15, 0.2) is 5.58 Å². The van der Waals surface area contributed by atoms with Gasteiger partial charge in [-0.1, -0.05) is 6.07 Å². The fourth-order valence-corrected chi connectivity index (χ4v) is 1.82. The van der Waals surface area contributed by atoms with Gasteiger partial charge in [-0.3, -0.25) is 0 Å². The van der Waals surface area contributed by atoms with Crippen LogP contribution in [0.3, 0.4) is 0 Å². The van der Waals surface area contributed by atoms with Crippen molar-refractivity contribution in [3.8, 4) is 6.07 Å². The number of aromatic nitrogens is 1. The number of hydrogen-bond donors (Lipinski definition) is 0. The first-order chi connectivity index (χ1) is 6.85. The predicted octanol–water partition coefficient (Wildman–Crippen LogP) is 2.62. The second kappa shape index (κ2) is 3.72. The molecule has 0 saturated carbocycles. The Morgan fingerprint density at radius 3 is 3.14 bits per heavy atom. The Balaban J connectivity index is 2.59. The maximum absolute atomic E-state index is 8.52. The van der Waals surface area contributed by atoms with Crippen molar-refractivity contribution in [2.45, 2.75) is 11.3 Å². The number of nitrogens with zero attached hydrogens (tertiary/aromatic N) is 2. The standard InChI is InChI=1S/C10H8N2OS/c1-14-8-4-2-3-7-10(8)13-9(12-7)5-6-11/h2-4H,5H2,1H3. The highest BCUT2D eigenvalue weighted by Gasteiger charge is 2.08. The zero-order chi connectivity index (χ0) is 9.97. The zero-order valence-electron chi connectivity index (χ0n) is 7.65. The van der Waals surface area contributed by atoms with Crippen molar-refractivity contribution in [2.24, 2.45) is 0 Å². The summed E-state index contributed by atoms with van der Waals surface area (Å²) in [5, 5.41) is 8.52. The van der Waals surface area contributed by atoms with Crippen LogP contribution in [-0.2, 0) is 6.42 Å². The van der Waals surface area contributed by atoms with Crippen molar-refractivity contribution >= 4 is 22.9 Å². The molecule has 2 rings (SSSR count). The molecule has 3 nitrogen and oxygen atoms in total. The average Bonchev–Trinajstić information content (AvgIpc) is 2.60. The molecule has 0 spiro atoms. The van der Waals surface area contributed by atoms with Crippen molar-refractivity contribution in [3.63, 3.8) is 0 Å². The van der Waals surface area contributed by atoms with Crippen molar-refractivity contribution in [1.82, 2.24) is 4.98 Å². The highest BCUT2D eigenvalue weighted by atomic mass is 32.2. The molecule has 4 heteroatoms. The number of nitriles is 1. The topological polar surface area (TPSA) is 49.8 Å². The summed E-state index contributed by atoms with van der Waals surface area (Å²) in [6.45, 7) is 0. The van der Waals surface area contributed by atoms with Gasteiger partial charge in [-0.05, 0) is 18.4 Å². The summed E-state index contributed by atoms with van der Waals surface area (Å²) in [7, 11) is 0. The maximum atomic E-state index is 8.52. The molecular formula is C10H8N2OS. The van der Waals surface area contributed by atoms with E-state index in [4.69, 9.17) is 9.68 Å². The molecule has 0 N–H and O–H groups in total. The molecule has 0 fully saturated rings. The van der Waals surface area contributed by atoms with E-state index >= 15 is 0 Å². The number of fused-ring (bicyclic) bond motifs is 1. The predicted molar refractivity (Wildman–Crippen MR) is 55.1 cm³/mol. The minimum Gasteiger partial charge on any atom is -0.438 e. The lowest BCUT2D eigenvalue weighted by atomic mass is 10.3. The third-order valence-electron chi connectivity index (χ3n) is 1.87. The Morgan fingerprint density at radius 2 is 2.43 bits per heavy atom.